The molecule has 1 aromatic rings. The molecule has 0 radical (unpaired) electrons. The van der Waals surface area contributed by atoms with Gasteiger partial charge in [-0.25, -0.2) is 0 Å². The largest absolute Gasteiger partial charge is 0.293 e. The van der Waals surface area contributed by atoms with Gasteiger partial charge in [0, 0.05) is 17.1 Å². The van der Waals surface area contributed by atoms with E-state index in [0.29, 0.717) is 5.75 Å². The average molecular weight is 226 g/mol. The number of carbonyl (C=O) groups excluding carboxylic acids is 1. The predicted molar refractivity (Wildman–Crippen MR) is 66.5 cm³/mol. The molecule has 0 saturated heterocycles. The van der Waals surface area contributed by atoms with E-state index in [4.69, 9.17) is 0 Å². The third kappa shape index (κ3) is 4.20. The molecule has 0 aliphatic rings. The van der Waals surface area contributed by atoms with Gasteiger partial charge in [0.2, 0.25) is 0 Å². The average Bonchev–Trinajstić information content (AvgIpc) is 2.25. The summed E-state index contributed by atoms with van der Waals surface area (Å²) in [5.41, 5.74) is 0.823. The normalized spacial score (nSPS) is 10.1. The van der Waals surface area contributed by atoms with E-state index < -0.39 is 0 Å². The summed E-state index contributed by atoms with van der Waals surface area (Å²) in [6.07, 6.45) is 2.08. The molecular weight excluding hydrogens is 212 g/mol. The van der Waals surface area contributed by atoms with Crippen LogP contribution in [0.3, 0.4) is 0 Å². The van der Waals surface area contributed by atoms with Gasteiger partial charge >= 0.3 is 0 Å². The molecular formula is C11H14OS2. The first-order valence-corrected chi connectivity index (χ1v) is 7.04. The van der Waals surface area contributed by atoms with E-state index in [1.807, 2.05) is 42.1 Å². The molecule has 0 heterocycles. The summed E-state index contributed by atoms with van der Waals surface area (Å²) in [6, 6.07) is 9.48. The fourth-order valence-electron chi connectivity index (χ4n) is 1.01. The van der Waals surface area contributed by atoms with Gasteiger partial charge in [0.1, 0.15) is 0 Å². The molecule has 3 heteroatoms. The minimum absolute atomic E-state index is 0.233. The molecule has 0 aromatic heterocycles. The minimum atomic E-state index is 0.233. The molecule has 1 rings (SSSR count). The highest BCUT2D eigenvalue weighted by molar-refractivity contribution is 8.02. The van der Waals surface area contributed by atoms with Crippen molar-refractivity contribution in [3.63, 3.8) is 0 Å². The van der Waals surface area contributed by atoms with E-state index in [9.17, 15) is 4.79 Å². The van der Waals surface area contributed by atoms with Crippen molar-refractivity contribution < 1.29 is 4.79 Å². The van der Waals surface area contributed by atoms with Gasteiger partial charge in [-0.1, -0.05) is 30.3 Å². The molecule has 1 nitrogen and oxygen atoms in total. The predicted octanol–water partition coefficient (Wildman–Crippen LogP) is 2.97. The maximum atomic E-state index is 11.6. The van der Waals surface area contributed by atoms with Crippen molar-refractivity contribution in [2.75, 3.05) is 23.5 Å². The van der Waals surface area contributed by atoms with Crippen LogP contribution in [0.25, 0.3) is 0 Å². The Hall–Kier alpha value is -0.410. The number of hydrogen-bond acceptors (Lipinski definition) is 3. The van der Waals surface area contributed by atoms with Crippen LogP contribution in [-0.2, 0) is 0 Å². The van der Waals surface area contributed by atoms with Crippen LogP contribution in [0.1, 0.15) is 10.4 Å². The molecule has 0 amide bonds. The highest BCUT2D eigenvalue weighted by atomic mass is 32.2. The second kappa shape index (κ2) is 6.96. The first kappa shape index (κ1) is 11.7. The quantitative estimate of drug-likeness (QED) is 0.548. The van der Waals surface area contributed by atoms with E-state index in [0.717, 1.165) is 17.1 Å². The maximum absolute atomic E-state index is 11.6. The molecule has 76 valence electrons. The Morgan fingerprint density at radius 1 is 1.21 bits per heavy atom. The number of carbonyl (C=O) groups is 1. The van der Waals surface area contributed by atoms with Crippen molar-refractivity contribution in [1.29, 1.82) is 0 Å². The number of ketones is 1. The Bertz CT molecular complexity index is 272. The minimum Gasteiger partial charge on any atom is -0.293 e. The van der Waals surface area contributed by atoms with Crippen molar-refractivity contribution in [2.45, 2.75) is 0 Å². The van der Waals surface area contributed by atoms with Gasteiger partial charge in [-0.2, -0.15) is 23.5 Å². The third-order valence-corrected chi connectivity index (χ3v) is 3.59. The number of Topliss-reactive ketones (excluding diaryl/α,β-unsaturated/α-hetero) is 1. The fourth-order valence-corrected chi connectivity index (χ4v) is 2.65. The van der Waals surface area contributed by atoms with Crippen molar-refractivity contribution in [1.82, 2.24) is 0 Å². The Morgan fingerprint density at radius 3 is 2.57 bits per heavy atom. The number of rotatable bonds is 6. The molecule has 0 bridgehead atoms. The Kier molecular flexibility index (Phi) is 5.80. The Labute approximate surface area is 93.7 Å². The zero-order valence-electron chi connectivity index (χ0n) is 8.23. The van der Waals surface area contributed by atoms with Crippen molar-refractivity contribution >= 4 is 29.3 Å². The van der Waals surface area contributed by atoms with Gasteiger partial charge in [-0.05, 0) is 6.26 Å². The lowest BCUT2D eigenvalue weighted by atomic mass is 10.2. The zero-order valence-corrected chi connectivity index (χ0v) is 9.87. The monoisotopic (exact) mass is 226 g/mol. The molecule has 0 unspecified atom stereocenters. The first-order chi connectivity index (χ1) is 6.84. The van der Waals surface area contributed by atoms with Crippen LogP contribution < -0.4 is 0 Å². The molecule has 0 atom stereocenters. The molecule has 14 heavy (non-hydrogen) atoms. The molecule has 0 N–H and O–H groups in total. The van der Waals surface area contributed by atoms with Gasteiger partial charge in [-0.15, -0.1) is 0 Å². The lowest BCUT2D eigenvalue weighted by Crippen LogP contribution is -2.02. The van der Waals surface area contributed by atoms with Crippen LogP contribution in [-0.4, -0.2) is 29.3 Å². The van der Waals surface area contributed by atoms with Crippen LogP contribution in [0.4, 0.5) is 0 Å². The molecule has 0 saturated carbocycles. The smallest absolute Gasteiger partial charge is 0.172 e. The molecule has 0 aliphatic heterocycles. The third-order valence-electron chi connectivity index (χ3n) is 1.76. The molecule has 0 aliphatic carbocycles. The van der Waals surface area contributed by atoms with Gasteiger partial charge in [0.25, 0.3) is 0 Å². The van der Waals surface area contributed by atoms with E-state index in [2.05, 4.69) is 6.26 Å². The van der Waals surface area contributed by atoms with Gasteiger partial charge in [0.05, 0.1) is 5.75 Å². The maximum Gasteiger partial charge on any atom is 0.172 e. The SMILES string of the molecule is CSCCSCC(=O)c1ccccc1. The number of benzene rings is 1. The highest BCUT2D eigenvalue weighted by Crippen LogP contribution is 2.08. The molecule has 0 spiro atoms. The van der Waals surface area contributed by atoms with Crippen LogP contribution in [0, 0.1) is 0 Å². The summed E-state index contributed by atoms with van der Waals surface area (Å²) in [7, 11) is 0. The second-order valence-corrected chi connectivity index (χ2v) is 4.93. The van der Waals surface area contributed by atoms with Crippen LogP contribution in [0.5, 0.6) is 0 Å². The number of hydrogen-bond donors (Lipinski definition) is 0. The summed E-state index contributed by atoms with van der Waals surface area (Å²) < 4.78 is 0. The van der Waals surface area contributed by atoms with Gasteiger partial charge in [-0.3, -0.25) is 4.79 Å². The van der Waals surface area contributed by atoms with E-state index in [1.54, 1.807) is 11.8 Å². The lowest BCUT2D eigenvalue weighted by Gasteiger charge is -2.00. The van der Waals surface area contributed by atoms with Crippen LogP contribution >= 0.6 is 23.5 Å². The van der Waals surface area contributed by atoms with E-state index >= 15 is 0 Å². The molecule has 0 fully saturated rings. The number of thioether (sulfide) groups is 2. The lowest BCUT2D eigenvalue weighted by molar-refractivity contribution is 0.102. The summed E-state index contributed by atoms with van der Waals surface area (Å²) in [5, 5.41) is 0. The summed E-state index contributed by atoms with van der Waals surface area (Å²) in [4.78, 5) is 11.6. The summed E-state index contributed by atoms with van der Waals surface area (Å²) >= 11 is 3.53. The second-order valence-electron chi connectivity index (χ2n) is 2.83. The van der Waals surface area contributed by atoms with E-state index in [-0.39, 0.29) is 5.78 Å². The molecule has 1 aromatic carbocycles. The summed E-state index contributed by atoms with van der Waals surface area (Å²) in [5.74, 6) is 3.01. The highest BCUT2D eigenvalue weighted by Gasteiger charge is 2.03. The zero-order chi connectivity index (χ0) is 10.2. The van der Waals surface area contributed by atoms with E-state index in [1.165, 1.54) is 0 Å². The van der Waals surface area contributed by atoms with Crippen LogP contribution in [0.15, 0.2) is 30.3 Å². The standard InChI is InChI=1S/C11H14OS2/c1-13-7-8-14-9-11(12)10-5-3-2-4-6-10/h2-6H,7-9H2,1H3. The Morgan fingerprint density at radius 2 is 1.93 bits per heavy atom. The topological polar surface area (TPSA) is 17.1 Å². The van der Waals surface area contributed by atoms with Crippen LogP contribution in [0.2, 0.25) is 0 Å². The van der Waals surface area contributed by atoms with Crippen molar-refractivity contribution in [3.05, 3.63) is 35.9 Å². The summed E-state index contributed by atoms with van der Waals surface area (Å²) in [6.45, 7) is 0. The van der Waals surface area contributed by atoms with Crippen molar-refractivity contribution in [2.24, 2.45) is 0 Å². The first-order valence-electron chi connectivity index (χ1n) is 4.49. The van der Waals surface area contributed by atoms with Crippen molar-refractivity contribution in [3.8, 4) is 0 Å². The fraction of sp³-hybridized carbons (Fsp3) is 0.364. The Balaban J connectivity index is 2.29. The van der Waals surface area contributed by atoms with Gasteiger partial charge < -0.3 is 0 Å². The van der Waals surface area contributed by atoms with Gasteiger partial charge in [0.15, 0.2) is 5.78 Å².